The number of carbonyl (C=O) groups excluding carboxylic acids is 1. The van der Waals surface area contributed by atoms with Gasteiger partial charge in [0.1, 0.15) is 0 Å². The van der Waals surface area contributed by atoms with Crippen LogP contribution in [0.3, 0.4) is 0 Å². The zero-order valence-electron chi connectivity index (χ0n) is 25.1. The van der Waals surface area contributed by atoms with E-state index >= 15 is 0 Å². The van der Waals surface area contributed by atoms with Crippen molar-refractivity contribution in [3.63, 3.8) is 0 Å². The van der Waals surface area contributed by atoms with Crippen molar-refractivity contribution in [2.75, 3.05) is 6.54 Å². The number of ether oxygens (including phenoxy) is 1. The summed E-state index contributed by atoms with van der Waals surface area (Å²) < 4.78 is 6.10. The molecule has 0 spiro atoms. The Morgan fingerprint density at radius 1 is 0.919 bits per heavy atom. The summed E-state index contributed by atoms with van der Waals surface area (Å²) in [6.45, 7) is 19.6. The molecule has 0 aromatic rings. The molecule has 4 nitrogen and oxygen atoms in total. The molecule has 0 aromatic carbocycles. The van der Waals surface area contributed by atoms with Crippen LogP contribution in [-0.2, 0) is 9.53 Å². The number of hydrogen-bond donors (Lipinski definition) is 2. The quantitative estimate of drug-likeness (QED) is 0.387. The maximum Gasteiger partial charge on any atom is 0.159 e. The normalized spacial score (nSPS) is 47.8. The molecule has 4 fully saturated rings. The number of ketones is 1. The Bertz CT molecular complexity index is 967. The zero-order valence-corrected chi connectivity index (χ0v) is 25.1. The van der Waals surface area contributed by atoms with Crippen LogP contribution in [0, 0.1) is 50.7 Å². The number of aliphatic hydroxyl groups excluding tert-OH is 1. The number of nitrogens with two attached hydrogens (primary N) is 1. The molecule has 9 unspecified atom stereocenters. The molecule has 0 radical (unpaired) electrons. The van der Waals surface area contributed by atoms with Crippen molar-refractivity contribution in [2.24, 2.45) is 56.5 Å². The Labute approximate surface area is 226 Å². The van der Waals surface area contributed by atoms with Gasteiger partial charge in [0.2, 0.25) is 0 Å². The molecule has 210 valence electrons. The van der Waals surface area contributed by atoms with E-state index in [-0.39, 0.29) is 33.2 Å². The van der Waals surface area contributed by atoms with E-state index in [0.717, 1.165) is 19.3 Å². The molecular formula is C33H55NO3. The first-order valence-electron chi connectivity index (χ1n) is 15.5. The highest BCUT2D eigenvalue weighted by molar-refractivity contribution is 6.00. The fraction of sp³-hybridized carbons (Fsp3) is 0.909. The molecule has 5 aliphatic carbocycles. The van der Waals surface area contributed by atoms with Gasteiger partial charge >= 0.3 is 0 Å². The highest BCUT2D eigenvalue weighted by Crippen LogP contribution is 2.77. The van der Waals surface area contributed by atoms with Crippen molar-refractivity contribution in [1.82, 2.24) is 0 Å². The third kappa shape index (κ3) is 3.67. The minimum Gasteiger partial charge on any atom is -0.368 e. The van der Waals surface area contributed by atoms with E-state index in [4.69, 9.17) is 10.5 Å². The minimum absolute atomic E-state index is 0.0261. The predicted octanol–water partition coefficient (Wildman–Crippen LogP) is 7.04. The molecule has 0 heterocycles. The molecule has 4 heteroatoms. The fourth-order valence-corrected chi connectivity index (χ4v) is 11.8. The number of carbonyl (C=O) groups is 1. The molecule has 0 aromatic heterocycles. The van der Waals surface area contributed by atoms with Crippen LogP contribution in [0.1, 0.15) is 120 Å². The van der Waals surface area contributed by atoms with Crippen molar-refractivity contribution in [2.45, 2.75) is 132 Å². The lowest BCUT2D eigenvalue weighted by molar-refractivity contribution is -0.252. The van der Waals surface area contributed by atoms with E-state index in [1.165, 1.54) is 44.1 Å². The van der Waals surface area contributed by atoms with Gasteiger partial charge in [-0.2, -0.15) is 0 Å². The zero-order chi connectivity index (χ0) is 27.2. The predicted molar refractivity (Wildman–Crippen MR) is 150 cm³/mol. The first-order valence-corrected chi connectivity index (χ1v) is 15.5. The topological polar surface area (TPSA) is 72.5 Å². The summed E-state index contributed by atoms with van der Waals surface area (Å²) in [6, 6.07) is 0. The van der Waals surface area contributed by atoms with E-state index in [1.54, 1.807) is 12.5 Å². The fourth-order valence-electron chi connectivity index (χ4n) is 11.8. The van der Waals surface area contributed by atoms with Crippen molar-refractivity contribution in [1.29, 1.82) is 0 Å². The van der Waals surface area contributed by atoms with Gasteiger partial charge in [0, 0.05) is 11.8 Å². The maximum absolute atomic E-state index is 13.5. The monoisotopic (exact) mass is 513 g/mol. The third-order valence-electron chi connectivity index (χ3n) is 13.5. The van der Waals surface area contributed by atoms with Crippen molar-refractivity contribution in [3.05, 3.63) is 11.1 Å². The summed E-state index contributed by atoms with van der Waals surface area (Å²) >= 11 is 0. The average Bonchev–Trinajstić information content (AvgIpc) is 3.08. The summed E-state index contributed by atoms with van der Waals surface area (Å²) in [6.07, 6.45) is 10.7. The Hall–Kier alpha value is -0.710. The van der Waals surface area contributed by atoms with E-state index in [2.05, 4.69) is 48.5 Å². The number of rotatable bonds is 5. The van der Waals surface area contributed by atoms with Gasteiger partial charge in [-0.3, -0.25) is 4.79 Å². The lowest BCUT2D eigenvalue weighted by Gasteiger charge is -2.72. The van der Waals surface area contributed by atoms with Crippen LogP contribution in [0.15, 0.2) is 11.1 Å². The summed E-state index contributed by atoms with van der Waals surface area (Å²) in [4.78, 5) is 13.5. The highest BCUT2D eigenvalue weighted by atomic mass is 16.6. The molecule has 0 bridgehead atoms. The van der Waals surface area contributed by atoms with Gasteiger partial charge in [0.15, 0.2) is 12.1 Å². The van der Waals surface area contributed by atoms with Gasteiger partial charge < -0.3 is 15.6 Å². The van der Waals surface area contributed by atoms with Crippen molar-refractivity contribution in [3.8, 4) is 0 Å². The second-order valence-corrected chi connectivity index (χ2v) is 15.6. The molecule has 5 rings (SSSR count). The van der Waals surface area contributed by atoms with Crippen LogP contribution in [0.4, 0.5) is 0 Å². The van der Waals surface area contributed by atoms with Crippen LogP contribution >= 0.6 is 0 Å². The largest absolute Gasteiger partial charge is 0.368 e. The van der Waals surface area contributed by atoms with E-state index in [0.29, 0.717) is 42.4 Å². The van der Waals surface area contributed by atoms with Gasteiger partial charge in [-0.25, -0.2) is 0 Å². The van der Waals surface area contributed by atoms with Gasteiger partial charge in [0.05, 0.1) is 6.10 Å². The first kappa shape index (κ1) is 27.8. The Morgan fingerprint density at radius 2 is 1.62 bits per heavy atom. The number of aliphatic hydroxyl groups is 1. The Morgan fingerprint density at radius 3 is 2.24 bits per heavy atom. The second kappa shape index (κ2) is 8.90. The highest BCUT2D eigenvalue weighted by Gasteiger charge is 2.69. The van der Waals surface area contributed by atoms with E-state index < -0.39 is 6.29 Å². The smallest absolute Gasteiger partial charge is 0.159 e. The summed E-state index contributed by atoms with van der Waals surface area (Å²) in [5.74, 6) is 2.53. The van der Waals surface area contributed by atoms with Gasteiger partial charge in [-0.05, 0) is 122 Å². The third-order valence-corrected chi connectivity index (χ3v) is 13.5. The number of fused-ring (bicyclic) bond motifs is 7. The lowest BCUT2D eigenvalue weighted by Crippen LogP contribution is -2.65. The van der Waals surface area contributed by atoms with Crippen LogP contribution in [0.5, 0.6) is 0 Å². The molecular weight excluding hydrogens is 458 g/mol. The van der Waals surface area contributed by atoms with Gasteiger partial charge in [-0.15, -0.1) is 0 Å². The molecule has 0 saturated heterocycles. The Balaban J connectivity index is 1.55. The second-order valence-electron chi connectivity index (χ2n) is 15.6. The van der Waals surface area contributed by atoms with Gasteiger partial charge in [-0.1, -0.05) is 54.0 Å². The summed E-state index contributed by atoms with van der Waals surface area (Å²) in [5.41, 5.74) is 9.81. The minimum atomic E-state index is -0.703. The SMILES string of the molecule is CC(O)OC1CCC2(C)C(CCC3(C)C2CCC2C4=C(C(C)C)C(=O)CC4(CCN)CCC23C)C1(C)C. The van der Waals surface area contributed by atoms with Crippen LogP contribution in [0.2, 0.25) is 0 Å². The molecule has 5 aliphatic rings. The molecule has 4 saturated carbocycles. The van der Waals surface area contributed by atoms with Gasteiger partial charge in [0.25, 0.3) is 0 Å². The first-order chi connectivity index (χ1) is 17.2. The van der Waals surface area contributed by atoms with Crippen LogP contribution in [-0.4, -0.2) is 29.8 Å². The Kier molecular flexibility index (Phi) is 6.70. The van der Waals surface area contributed by atoms with Crippen LogP contribution < -0.4 is 5.73 Å². The lowest BCUT2D eigenvalue weighted by atomic mass is 9.33. The standard InChI is InChI=1S/C33H55NO3/c1-20(2)27-23(36)19-33(17-18-34)16-15-31(7)22(28(27)33)9-10-25-30(6)13-12-26(37-21(3)35)29(4,5)24(30)11-14-32(25,31)8/h20-22,24-26,35H,9-19,34H2,1-8H3. The maximum atomic E-state index is 13.5. The summed E-state index contributed by atoms with van der Waals surface area (Å²) in [5, 5.41) is 10.0. The number of allylic oxidation sites excluding steroid dienone is 2. The van der Waals surface area contributed by atoms with E-state index in [9.17, 15) is 9.90 Å². The molecule has 0 amide bonds. The molecule has 3 N–H and O–H groups in total. The van der Waals surface area contributed by atoms with E-state index in [1.807, 2.05) is 0 Å². The molecule has 0 aliphatic heterocycles. The average molecular weight is 514 g/mol. The molecule has 37 heavy (non-hydrogen) atoms. The van der Waals surface area contributed by atoms with Crippen molar-refractivity contribution < 1.29 is 14.6 Å². The molecule has 9 atom stereocenters. The van der Waals surface area contributed by atoms with Crippen molar-refractivity contribution >= 4 is 5.78 Å². The summed E-state index contributed by atoms with van der Waals surface area (Å²) in [7, 11) is 0. The number of Topliss-reactive ketones (excluding diaryl/α,β-unsaturated/α-hetero) is 1. The number of hydrogen-bond acceptors (Lipinski definition) is 4. The van der Waals surface area contributed by atoms with Crippen LogP contribution in [0.25, 0.3) is 0 Å².